The molecule has 1 aromatic carbocycles. The molecule has 12 heteroatoms. The fraction of sp³-hybridized carbons (Fsp3) is 0.600. The van der Waals surface area contributed by atoms with Crippen molar-refractivity contribution in [1.82, 2.24) is 16.0 Å². The van der Waals surface area contributed by atoms with E-state index in [0.717, 1.165) is 5.56 Å². The summed E-state index contributed by atoms with van der Waals surface area (Å²) >= 11 is 2.99. The highest BCUT2D eigenvalue weighted by Crippen LogP contribution is 2.13. The lowest BCUT2D eigenvalue weighted by molar-refractivity contribution is -0.142. The number of carbonyl (C=O) groups is 4. The molecule has 10 nitrogen and oxygen atoms in total. The summed E-state index contributed by atoms with van der Waals surface area (Å²) < 4.78 is 0. The van der Waals surface area contributed by atoms with Crippen molar-refractivity contribution in [2.45, 2.75) is 63.7 Å². The number of benzene rings is 1. The molecular formula is C25H40N4O6S2. The number of amides is 3. The quantitative estimate of drug-likeness (QED) is 0.166. The Morgan fingerprint density at radius 2 is 1.43 bits per heavy atom. The third-order valence-electron chi connectivity index (χ3n) is 5.99. The summed E-state index contributed by atoms with van der Waals surface area (Å²) in [5.41, 5.74) is 6.83. The molecule has 0 bridgehead atoms. The molecule has 5 unspecified atom stereocenters. The van der Waals surface area contributed by atoms with Crippen molar-refractivity contribution >= 4 is 47.2 Å². The summed E-state index contributed by atoms with van der Waals surface area (Å²) in [5.74, 6) is -1.77. The van der Waals surface area contributed by atoms with Crippen LogP contribution >= 0.6 is 23.5 Å². The summed E-state index contributed by atoms with van der Waals surface area (Å²) in [5, 5.41) is 26.9. The van der Waals surface area contributed by atoms with Gasteiger partial charge in [-0.05, 0) is 66.9 Å². The van der Waals surface area contributed by atoms with Gasteiger partial charge in [-0.3, -0.25) is 14.4 Å². The maximum atomic E-state index is 13.2. The van der Waals surface area contributed by atoms with E-state index in [9.17, 15) is 29.4 Å². The van der Waals surface area contributed by atoms with E-state index in [4.69, 9.17) is 5.73 Å². The minimum absolute atomic E-state index is 0.106. The average molecular weight is 557 g/mol. The van der Waals surface area contributed by atoms with Gasteiger partial charge >= 0.3 is 5.97 Å². The molecule has 1 rings (SSSR count). The van der Waals surface area contributed by atoms with Crippen LogP contribution in [0.3, 0.4) is 0 Å². The van der Waals surface area contributed by atoms with Crippen LogP contribution in [0.4, 0.5) is 0 Å². The molecule has 7 N–H and O–H groups in total. The number of phenolic OH excluding ortho intramolecular Hbond substituents is 1. The zero-order chi connectivity index (χ0) is 28.0. The monoisotopic (exact) mass is 556 g/mol. The molecule has 0 saturated heterocycles. The van der Waals surface area contributed by atoms with E-state index in [1.807, 2.05) is 19.4 Å². The van der Waals surface area contributed by atoms with Crippen LogP contribution in [0.25, 0.3) is 0 Å². The largest absolute Gasteiger partial charge is 0.508 e. The van der Waals surface area contributed by atoms with E-state index in [1.165, 1.54) is 35.7 Å². The maximum absolute atomic E-state index is 13.2. The highest BCUT2D eigenvalue weighted by atomic mass is 32.2. The molecule has 1 aromatic rings. The number of rotatable bonds is 17. The molecule has 0 spiro atoms. The smallest absolute Gasteiger partial charge is 0.326 e. The second-order valence-electron chi connectivity index (χ2n) is 8.87. The molecule has 0 aliphatic heterocycles. The van der Waals surface area contributed by atoms with Crippen LogP contribution in [0.2, 0.25) is 0 Å². The molecule has 0 fully saturated rings. The summed E-state index contributed by atoms with van der Waals surface area (Å²) in [7, 11) is 0. The van der Waals surface area contributed by atoms with Gasteiger partial charge in [-0.1, -0.05) is 32.4 Å². The van der Waals surface area contributed by atoms with Crippen molar-refractivity contribution in [2.75, 3.05) is 24.0 Å². The van der Waals surface area contributed by atoms with Crippen LogP contribution in [0.1, 0.15) is 38.7 Å². The SMILES string of the molecule is CCC(C)C(NC(=O)C(CCSC)NC(=O)C(N)Cc1ccc(O)cc1)C(=O)NC(CCSC)C(=O)O. The third kappa shape index (κ3) is 11.7. The molecule has 0 aliphatic rings. The van der Waals surface area contributed by atoms with Gasteiger partial charge in [-0.2, -0.15) is 23.5 Å². The van der Waals surface area contributed by atoms with Gasteiger partial charge in [0.1, 0.15) is 23.9 Å². The van der Waals surface area contributed by atoms with Crippen LogP contribution in [-0.2, 0) is 25.6 Å². The predicted molar refractivity (Wildman–Crippen MR) is 149 cm³/mol. The maximum Gasteiger partial charge on any atom is 0.326 e. The van der Waals surface area contributed by atoms with Gasteiger partial charge in [0.05, 0.1) is 6.04 Å². The number of aromatic hydroxyl groups is 1. The minimum Gasteiger partial charge on any atom is -0.508 e. The Morgan fingerprint density at radius 3 is 1.95 bits per heavy atom. The Balaban J connectivity index is 2.95. The number of thioether (sulfide) groups is 2. The number of phenols is 1. The topological polar surface area (TPSA) is 171 Å². The normalized spacial score (nSPS) is 15.1. The van der Waals surface area contributed by atoms with Gasteiger partial charge in [0.25, 0.3) is 0 Å². The van der Waals surface area contributed by atoms with Crippen LogP contribution in [0.15, 0.2) is 24.3 Å². The molecule has 37 heavy (non-hydrogen) atoms. The van der Waals surface area contributed by atoms with Gasteiger partial charge in [0, 0.05) is 0 Å². The number of carbonyl (C=O) groups excluding carboxylic acids is 3. The Bertz CT molecular complexity index is 886. The van der Waals surface area contributed by atoms with Gasteiger partial charge in [0.15, 0.2) is 0 Å². The first-order valence-electron chi connectivity index (χ1n) is 12.2. The number of nitrogens with one attached hydrogen (secondary N) is 3. The fourth-order valence-electron chi connectivity index (χ4n) is 3.47. The van der Waals surface area contributed by atoms with E-state index in [-0.39, 0.29) is 24.5 Å². The van der Waals surface area contributed by atoms with E-state index >= 15 is 0 Å². The standard InChI is InChI=1S/C25H40N4O6S2/c1-5-15(2)21(24(33)28-20(25(34)35)11-13-37-4)29-23(32)19(10-12-36-3)27-22(31)18(26)14-16-6-8-17(30)9-7-16/h6-9,15,18-21,30H,5,10-14,26H2,1-4H3,(H,27,31)(H,28,33)(H,29,32)(H,34,35). The van der Waals surface area contributed by atoms with E-state index in [1.54, 1.807) is 19.1 Å². The zero-order valence-electron chi connectivity index (χ0n) is 21.9. The first-order chi connectivity index (χ1) is 17.5. The van der Waals surface area contributed by atoms with Gasteiger partial charge in [-0.15, -0.1) is 0 Å². The molecule has 0 aliphatic carbocycles. The molecular weight excluding hydrogens is 516 g/mol. The molecule has 0 saturated carbocycles. The van der Waals surface area contributed by atoms with Crippen LogP contribution in [0, 0.1) is 5.92 Å². The van der Waals surface area contributed by atoms with Crippen molar-refractivity contribution < 1.29 is 29.4 Å². The summed E-state index contributed by atoms with van der Waals surface area (Å²) in [6, 6.07) is 2.47. The van der Waals surface area contributed by atoms with Crippen LogP contribution in [-0.4, -0.2) is 82.1 Å². The summed E-state index contributed by atoms with van der Waals surface area (Å²) in [4.78, 5) is 50.7. The highest BCUT2D eigenvalue weighted by molar-refractivity contribution is 7.98. The zero-order valence-corrected chi connectivity index (χ0v) is 23.5. The number of nitrogens with two attached hydrogens (primary N) is 1. The molecule has 208 valence electrons. The number of carboxylic acid groups (broad SMARTS) is 1. The van der Waals surface area contributed by atoms with Crippen molar-refractivity contribution in [3.05, 3.63) is 29.8 Å². The molecule has 0 radical (unpaired) electrons. The van der Waals surface area contributed by atoms with E-state index < -0.39 is 47.9 Å². The third-order valence-corrected chi connectivity index (χ3v) is 7.28. The van der Waals surface area contributed by atoms with Crippen LogP contribution in [0.5, 0.6) is 5.75 Å². The molecule has 0 aromatic heterocycles. The van der Waals surface area contributed by atoms with E-state index in [0.29, 0.717) is 24.3 Å². The summed E-state index contributed by atoms with van der Waals surface area (Å²) in [6.45, 7) is 3.67. The molecule has 3 amide bonds. The Labute approximate surface area is 227 Å². The second kappa shape index (κ2) is 17.1. The fourth-order valence-corrected chi connectivity index (χ4v) is 4.42. The number of hydrogen-bond donors (Lipinski definition) is 6. The van der Waals surface area contributed by atoms with Crippen molar-refractivity contribution in [1.29, 1.82) is 0 Å². The molecule has 5 atom stereocenters. The number of aliphatic carboxylic acids is 1. The summed E-state index contributed by atoms with van der Waals surface area (Å²) in [6.07, 6.45) is 5.10. The molecule has 0 heterocycles. The van der Waals surface area contributed by atoms with Gasteiger partial charge in [0.2, 0.25) is 17.7 Å². The Kier molecular flexibility index (Phi) is 15.1. The van der Waals surface area contributed by atoms with Crippen LogP contribution < -0.4 is 21.7 Å². The predicted octanol–water partition coefficient (Wildman–Crippen LogP) is 1.35. The van der Waals surface area contributed by atoms with E-state index in [2.05, 4.69) is 16.0 Å². The van der Waals surface area contributed by atoms with Gasteiger partial charge < -0.3 is 31.9 Å². The van der Waals surface area contributed by atoms with Crippen molar-refractivity contribution in [2.24, 2.45) is 11.7 Å². The van der Waals surface area contributed by atoms with Crippen molar-refractivity contribution in [3.63, 3.8) is 0 Å². The second-order valence-corrected chi connectivity index (χ2v) is 10.8. The lowest BCUT2D eigenvalue weighted by atomic mass is 9.97. The Morgan fingerprint density at radius 1 is 0.892 bits per heavy atom. The highest BCUT2D eigenvalue weighted by Gasteiger charge is 2.32. The van der Waals surface area contributed by atoms with Gasteiger partial charge in [-0.25, -0.2) is 4.79 Å². The average Bonchev–Trinajstić information content (AvgIpc) is 2.87. The lowest BCUT2D eigenvalue weighted by Gasteiger charge is -2.28. The number of hydrogen-bond acceptors (Lipinski definition) is 8. The first-order valence-corrected chi connectivity index (χ1v) is 15.0. The number of carboxylic acids is 1. The Hall–Kier alpha value is -2.44. The van der Waals surface area contributed by atoms with Crippen molar-refractivity contribution in [3.8, 4) is 5.75 Å². The lowest BCUT2D eigenvalue weighted by Crippen LogP contribution is -2.59. The minimum atomic E-state index is -1.13. The first kappa shape index (κ1) is 32.6.